The number of aryl methyl sites for hydroxylation is 1. The molecule has 9 heteroatoms. The van der Waals surface area contributed by atoms with E-state index in [4.69, 9.17) is 13.9 Å². The second-order valence-electron chi connectivity index (χ2n) is 8.65. The largest absolute Gasteiger partial charge is 0.494 e. The average molecular weight is 519 g/mol. The van der Waals surface area contributed by atoms with Gasteiger partial charge in [0.05, 0.1) is 35.9 Å². The number of para-hydroxylation sites is 1. The van der Waals surface area contributed by atoms with Crippen molar-refractivity contribution in [3.8, 4) is 5.75 Å². The summed E-state index contributed by atoms with van der Waals surface area (Å²) < 4.78 is 16.9. The van der Waals surface area contributed by atoms with Crippen LogP contribution in [0.2, 0.25) is 0 Å². The van der Waals surface area contributed by atoms with Crippen LogP contribution < -0.4 is 15.1 Å². The Morgan fingerprint density at radius 3 is 2.59 bits per heavy atom. The fraction of sp³-hybridized carbons (Fsp3) is 0.286. The molecule has 0 spiro atoms. The van der Waals surface area contributed by atoms with E-state index in [0.29, 0.717) is 39.5 Å². The average Bonchev–Trinajstić information content (AvgIpc) is 3.42. The van der Waals surface area contributed by atoms with E-state index in [0.717, 1.165) is 24.2 Å². The summed E-state index contributed by atoms with van der Waals surface area (Å²) in [5, 5.41) is 0.677. The highest BCUT2D eigenvalue weighted by atomic mass is 32.1. The van der Waals surface area contributed by atoms with E-state index >= 15 is 0 Å². The molecular formula is C28H26N2O6S. The van der Waals surface area contributed by atoms with E-state index in [2.05, 4.69) is 11.9 Å². The molecule has 2 aromatic heterocycles. The van der Waals surface area contributed by atoms with Gasteiger partial charge in [-0.3, -0.25) is 14.5 Å². The Balaban J connectivity index is 1.65. The second kappa shape index (κ2) is 10.2. The molecular weight excluding hydrogens is 492 g/mol. The van der Waals surface area contributed by atoms with E-state index in [1.54, 1.807) is 38.1 Å². The minimum Gasteiger partial charge on any atom is -0.494 e. The van der Waals surface area contributed by atoms with Crippen LogP contribution in [0.5, 0.6) is 5.75 Å². The normalized spacial score (nSPS) is 14.7. The van der Waals surface area contributed by atoms with Gasteiger partial charge in [-0.1, -0.05) is 48.9 Å². The summed E-state index contributed by atoms with van der Waals surface area (Å²) in [4.78, 5) is 46.2. The third-order valence-corrected chi connectivity index (χ3v) is 7.33. The highest BCUT2D eigenvalue weighted by molar-refractivity contribution is 7.17. The molecule has 1 atom stereocenters. The maximum absolute atomic E-state index is 13.8. The molecule has 0 radical (unpaired) electrons. The predicted octanol–water partition coefficient (Wildman–Crippen LogP) is 5.66. The van der Waals surface area contributed by atoms with Gasteiger partial charge in [0.15, 0.2) is 10.6 Å². The molecule has 37 heavy (non-hydrogen) atoms. The zero-order chi connectivity index (χ0) is 26.1. The molecule has 190 valence electrons. The molecule has 2 aromatic carbocycles. The number of benzene rings is 2. The Morgan fingerprint density at radius 2 is 1.86 bits per heavy atom. The smallest absolute Gasteiger partial charge is 0.350 e. The van der Waals surface area contributed by atoms with Crippen molar-refractivity contribution in [2.24, 2.45) is 0 Å². The van der Waals surface area contributed by atoms with E-state index in [9.17, 15) is 14.4 Å². The van der Waals surface area contributed by atoms with E-state index < -0.39 is 17.9 Å². The van der Waals surface area contributed by atoms with Gasteiger partial charge in [-0.05, 0) is 50.1 Å². The molecule has 5 rings (SSSR count). The Kier molecular flexibility index (Phi) is 6.80. The molecule has 1 aliphatic heterocycles. The highest BCUT2D eigenvalue weighted by Gasteiger charge is 2.45. The number of hydrogen-bond donors (Lipinski definition) is 0. The number of rotatable bonds is 8. The third-order valence-electron chi connectivity index (χ3n) is 6.19. The topological polar surface area (TPSA) is 98.9 Å². The van der Waals surface area contributed by atoms with Crippen LogP contribution >= 0.6 is 11.3 Å². The van der Waals surface area contributed by atoms with Crippen LogP contribution in [-0.4, -0.2) is 30.1 Å². The molecule has 3 heterocycles. The Morgan fingerprint density at radius 1 is 1.11 bits per heavy atom. The van der Waals surface area contributed by atoms with Crippen molar-refractivity contribution in [3.05, 3.63) is 86.2 Å². The lowest BCUT2D eigenvalue weighted by atomic mass is 9.98. The number of carbonyl (C=O) groups is 2. The number of hydrogen-bond acceptors (Lipinski definition) is 8. The van der Waals surface area contributed by atoms with E-state index in [1.165, 1.54) is 4.90 Å². The lowest BCUT2D eigenvalue weighted by Gasteiger charge is -2.22. The number of thiazole rings is 1. The third kappa shape index (κ3) is 4.40. The fourth-order valence-corrected chi connectivity index (χ4v) is 5.37. The number of nitrogens with zero attached hydrogens (tertiary/aromatic N) is 2. The Hall–Kier alpha value is -3.98. The number of ether oxygens (including phenoxy) is 2. The van der Waals surface area contributed by atoms with Crippen molar-refractivity contribution in [2.75, 3.05) is 18.1 Å². The summed E-state index contributed by atoms with van der Waals surface area (Å²) in [5.74, 6) is -0.315. The lowest BCUT2D eigenvalue weighted by molar-refractivity contribution is 0.0531. The molecule has 0 saturated heterocycles. The van der Waals surface area contributed by atoms with E-state index in [-0.39, 0.29) is 28.5 Å². The lowest BCUT2D eigenvalue weighted by Crippen LogP contribution is -2.29. The first-order valence-electron chi connectivity index (χ1n) is 12.2. The van der Waals surface area contributed by atoms with Gasteiger partial charge in [0.25, 0.3) is 5.91 Å². The highest BCUT2D eigenvalue weighted by Crippen LogP contribution is 2.43. The van der Waals surface area contributed by atoms with Crippen LogP contribution in [0.15, 0.2) is 57.7 Å². The minimum atomic E-state index is -0.784. The molecule has 4 aromatic rings. The molecule has 1 amide bonds. The van der Waals surface area contributed by atoms with Gasteiger partial charge in [0.2, 0.25) is 5.76 Å². The standard InChI is InChI=1S/C28H26N2O6S/c1-4-6-15-35-18-13-11-17(12-14-18)22-21-23(31)19-9-7-8-10-20(19)36-24(21)26(32)30(22)28-29-16(3)25(37-28)27(33)34-5-2/h7-14,22H,4-6,15H2,1-3H3/t22-/m0/s1. The number of unbranched alkanes of at least 4 members (excludes halogenated alkanes) is 1. The minimum absolute atomic E-state index is 0.0255. The van der Waals surface area contributed by atoms with E-state index in [1.807, 2.05) is 24.3 Å². The fourth-order valence-electron chi connectivity index (χ4n) is 4.38. The summed E-state index contributed by atoms with van der Waals surface area (Å²) in [7, 11) is 0. The maximum Gasteiger partial charge on any atom is 0.350 e. The van der Waals surface area contributed by atoms with Crippen molar-refractivity contribution in [2.45, 2.75) is 39.7 Å². The van der Waals surface area contributed by atoms with Crippen molar-refractivity contribution >= 4 is 39.3 Å². The van der Waals surface area contributed by atoms with Crippen molar-refractivity contribution in [1.29, 1.82) is 0 Å². The van der Waals surface area contributed by atoms with Crippen molar-refractivity contribution in [3.63, 3.8) is 0 Å². The van der Waals surface area contributed by atoms with Gasteiger partial charge >= 0.3 is 5.97 Å². The van der Waals surface area contributed by atoms with Crippen LogP contribution in [-0.2, 0) is 4.74 Å². The van der Waals surface area contributed by atoms with Crippen LogP contribution in [0.25, 0.3) is 11.0 Å². The summed E-state index contributed by atoms with van der Waals surface area (Å²) in [6, 6.07) is 13.4. The van der Waals surface area contributed by atoms with Crippen LogP contribution in [0.1, 0.15) is 69.8 Å². The second-order valence-corrected chi connectivity index (χ2v) is 9.63. The van der Waals surface area contributed by atoms with Crippen molar-refractivity contribution < 1.29 is 23.5 Å². The zero-order valence-corrected chi connectivity index (χ0v) is 21.6. The zero-order valence-electron chi connectivity index (χ0n) is 20.8. The quantitative estimate of drug-likeness (QED) is 0.219. The Labute approximate surface area is 217 Å². The van der Waals surface area contributed by atoms with Gasteiger partial charge in [-0.25, -0.2) is 9.78 Å². The summed E-state index contributed by atoms with van der Waals surface area (Å²) in [5.41, 5.74) is 1.45. The van der Waals surface area contributed by atoms with Gasteiger partial charge in [-0.15, -0.1) is 0 Å². The van der Waals surface area contributed by atoms with Crippen LogP contribution in [0.4, 0.5) is 5.13 Å². The first-order valence-corrected chi connectivity index (χ1v) is 13.0. The number of anilines is 1. The monoisotopic (exact) mass is 518 g/mol. The number of esters is 1. The molecule has 0 unspecified atom stereocenters. The number of fused-ring (bicyclic) bond motifs is 2. The first kappa shape index (κ1) is 24.7. The predicted molar refractivity (Wildman–Crippen MR) is 141 cm³/mol. The molecule has 1 aliphatic rings. The molecule has 0 fully saturated rings. The van der Waals surface area contributed by atoms with Gasteiger partial charge in [0, 0.05) is 0 Å². The molecule has 0 aliphatic carbocycles. The first-order chi connectivity index (χ1) is 17.9. The van der Waals surface area contributed by atoms with Crippen LogP contribution in [0.3, 0.4) is 0 Å². The maximum atomic E-state index is 13.8. The van der Waals surface area contributed by atoms with Gasteiger partial charge in [0.1, 0.15) is 16.2 Å². The number of carbonyl (C=O) groups excluding carboxylic acids is 2. The number of aromatic nitrogens is 1. The van der Waals surface area contributed by atoms with Crippen LogP contribution in [0, 0.1) is 6.92 Å². The SMILES string of the molecule is CCCCOc1ccc([C@H]2c3c(oc4ccccc4c3=O)C(=O)N2c2nc(C)c(C(=O)OCC)s2)cc1. The van der Waals surface area contributed by atoms with Gasteiger partial charge in [-0.2, -0.15) is 0 Å². The van der Waals surface area contributed by atoms with Gasteiger partial charge < -0.3 is 13.9 Å². The number of amides is 1. The molecule has 8 nitrogen and oxygen atoms in total. The Bertz CT molecular complexity index is 1540. The van der Waals surface area contributed by atoms with Crippen molar-refractivity contribution in [1.82, 2.24) is 4.98 Å². The summed E-state index contributed by atoms with van der Waals surface area (Å²) in [6.45, 7) is 6.34. The molecule has 0 saturated carbocycles. The summed E-state index contributed by atoms with van der Waals surface area (Å²) in [6.07, 6.45) is 1.97. The molecule has 0 bridgehead atoms. The molecule has 0 N–H and O–H groups in total. The summed E-state index contributed by atoms with van der Waals surface area (Å²) >= 11 is 1.06.